The lowest BCUT2D eigenvalue weighted by molar-refractivity contribution is 0.284. The average molecular weight is 168 g/mol. The fourth-order valence-electron chi connectivity index (χ4n) is 1.91. The van der Waals surface area contributed by atoms with Crippen molar-refractivity contribution in [2.24, 2.45) is 0 Å². The molecule has 0 saturated carbocycles. The highest BCUT2D eigenvalue weighted by molar-refractivity contribution is 5.14. The lowest BCUT2D eigenvalue weighted by Gasteiger charge is -2.17. The van der Waals surface area contributed by atoms with E-state index >= 15 is 0 Å². The molecule has 0 radical (unpaired) electrons. The second kappa shape index (κ2) is 5.36. The second-order valence-electron chi connectivity index (χ2n) is 3.77. The molecule has 0 atom stereocenters. The Morgan fingerprint density at radius 2 is 1.92 bits per heavy atom. The summed E-state index contributed by atoms with van der Waals surface area (Å²) < 4.78 is 0. The zero-order chi connectivity index (χ0) is 8.81. The van der Waals surface area contributed by atoms with Crippen LogP contribution in [0.25, 0.3) is 0 Å². The zero-order valence-corrected chi connectivity index (χ0v) is 8.10. The number of allylic oxidation sites excluding steroid dienone is 2. The van der Waals surface area contributed by atoms with Crippen molar-refractivity contribution in [3.8, 4) is 0 Å². The predicted molar refractivity (Wildman–Crippen MR) is 52.1 cm³/mol. The molecule has 0 unspecified atom stereocenters. The van der Waals surface area contributed by atoms with E-state index in [0.29, 0.717) is 6.61 Å². The van der Waals surface area contributed by atoms with Crippen molar-refractivity contribution in [1.82, 2.24) is 0 Å². The Morgan fingerprint density at radius 1 is 1.17 bits per heavy atom. The Bertz CT molecular complexity index is 158. The van der Waals surface area contributed by atoms with Gasteiger partial charge in [0, 0.05) is 6.61 Å². The number of unbranched alkanes of at least 4 members (excludes halogenated alkanes) is 1. The van der Waals surface area contributed by atoms with Crippen LogP contribution >= 0.6 is 0 Å². The lowest BCUT2D eigenvalue weighted by Crippen LogP contribution is -1.98. The van der Waals surface area contributed by atoms with Gasteiger partial charge < -0.3 is 5.11 Å². The maximum Gasteiger partial charge on any atom is 0.0431 e. The highest BCUT2D eigenvalue weighted by Crippen LogP contribution is 2.27. The fourth-order valence-corrected chi connectivity index (χ4v) is 1.91. The number of aliphatic hydroxyl groups is 1. The van der Waals surface area contributed by atoms with Gasteiger partial charge in [-0.1, -0.05) is 11.1 Å². The third-order valence-electron chi connectivity index (χ3n) is 2.77. The lowest BCUT2D eigenvalue weighted by atomic mass is 9.90. The minimum absolute atomic E-state index is 0.353. The van der Waals surface area contributed by atoms with Crippen molar-refractivity contribution in [3.63, 3.8) is 0 Å². The van der Waals surface area contributed by atoms with E-state index in [1.807, 2.05) is 0 Å². The molecular weight excluding hydrogens is 148 g/mol. The summed E-state index contributed by atoms with van der Waals surface area (Å²) in [7, 11) is 0. The smallest absolute Gasteiger partial charge is 0.0431 e. The van der Waals surface area contributed by atoms with E-state index in [9.17, 15) is 0 Å². The van der Waals surface area contributed by atoms with Crippen LogP contribution in [0.4, 0.5) is 0 Å². The van der Waals surface area contributed by atoms with Crippen LogP contribution in [0, 0.1) is 0 Å². The molecule has 0 heterocycles. The molecule has 0 spiro atoms. The summed E-state index contributed by atoms with van der Waals surface area (Å²) in [6.45, 7) is 2.62. The first-order valence-corrected chi connectivity index (χ1v) is 5.13. The summed E-state index contributed by atoms with van der Waals surface area (Å²) >= 11 is 0. The van der Waals surface area contributed by atoms with Crippen molar-refractivity contribution >= 4 is 0 Å². The van der Waals surface area contributed by atoms with Crippen molar-refractivity contribution in [2.45, 2.75) is 51.9 Å². The maximum absolute atomic E-state index is 8.65. The first-order chi connectivity index (χ1) is 5.84. The molecular formula is C11H20O. The SMILES string of the molecule is CC1=C(CCCCO)CCCC1. The van der Waals surface area contributed by atoms with Gasteiger partial charge in [0.25, 0.3) is 0 Å². The van der Waals surface area contributed by atoms with E-state index in [1.165, 1.54) is 38.5 Å². The van der Waals surface area contributed by atoms with Crippen molar-refractivity contribution < 1.29 is 5.11 Å². The van der Waals surface area contributed by atoms with Gasteiger partial charge in [-0.3, -0.25) is 0 Å². The van der Waals surface area contributed by atoms with Crippen LogP contribution in [0.15, 0.2) is 11.1 Å². The van der Waals surface area contributed by atoms with Gasteiger partial charge in [0.1, 0.15) is 0 Å². The summed E-state index contributed by atoms with van der Waals surface area (Å²) in [6, 6.07) is 0. The van der Waals surface area contributed by atoms with E-state index in [-0.39, 0.29) is 0 Å². The van der Waals surface area contributed by atoms with Crippen molar-refractivity contribution in [2.75, 3.05) is 6.61 Å². The Morgan fingerprint density at radius 3 is 2.58 bits per heavy atom. The molecule has 1 heteroatoms. The quantitative estimate of drug-likeness (QED) is 0.505. The third-order valence-corrected chi connectivity index (χ3v) is 2.77. The van der Waals surface area contributed by atoms with E-state index in [1.54, 1.807) is 11.1 Å². The van der Waals surface area contributed by atoms with Crippen LogP contribution in [0.3, 0.4) is 0 Å². The molecule has 1 aliphatic rings. The van der Waals surface area contributed by atoms with Gasteiger partial charge in [0.2, 0.25) is 0 Å². The molecule has 0 aromatic carbocycles. The normalized spacial score (nSPS) is 18.5. The Balaban J connectivity index is 2.28. The van der Waals surface area contributed by atoms with Crippen molar-refractivity contribution in [3.05, 3.63) is 11.1 Å². The minimum Gasteiger partial charge on any atom is -0.396 e. The molecule has 0 aliphatic heterocycles. The van der Waals surface area contributed by atoms with Gasteiger partial charge in [-0.15, -0.1) is 0 Å². The summed E-state index contributed by atoms with van der Waals surface area (Å²) in [5.41, 5.74) is 3.30. The number of hydrogen-bond acceptors (Lipinski definition) is 1. The average Bonchev–Trinajstić information content (AvgIpc) is 2.09. The van der Waals surface area contributed by atoms with Crippen LogP contribution in [0.1, 0.15) is 51.9 Å². The molecule has 70 valence electrons. The van der Waals surface area contributed by atoms with Gasteiger partial charge >= 0.3 is 0 Å². The molecule has 0 saturated heterocycles. The maximum atomic E-state index is 8.65. The molecule has 12 heavy (non-hydrogen) atoms. The highest BCUT2D eigenvalue weighted by atomic mass is 16.2. The fraction of sp³-hybridized carbons (Fsp3) is 0.818. The second-order valence-corrected chi connectivity index (χ2v) is 3.77. The van der Waals surface area contributed by atoms with Crippen LogP contribution in [0.5, 0.6) is 0 Å². The Hall–Kier alpha value is -0.300. The number of hydrogen-bond donors (Lipinski definition) is 1. The van der Waals surface area contributed by atoms with E-state index in [2.05, 4.69) is 6.92 Å². The molecule has 0 amide bonds. The largest absolute Gasteiger partial charge is 0.396 e. The van der Waals surface area contributed by atoms with Gasteiger partial charge in [-0.25, -0.2) is 0 Å². The van der Waals surface area contributed by atoms with Crippen LogP contribution in [-0.4, -0.2) is 11.7 Å². The van der Waals surface area contributed by atoms with Gasteiger partial charge in [-0.2, -0.15) is 0 Å². The molecule has 0 fully saturated rings. The van der Waals surface area contributed by atoms with Gasteiger partial charge in [-0.05, 0) is 51.9 Å². The molecule has 0 aromatic heterocycles. The molecule has 0 aromatic rings. The summed E-state index contributed by atoms with van der Waals surface area (Å²) in [5.74, 6) is 0. The van der Waals surface area contributed by atoms with Crippen LogP contribution in [0.2, 0.25) is 0 Å². The molecule has 1 aliphatic carbocycles. The molecule has 1 rings (SSSR count). The standard InChI is InChI=1S/C11H20O/c1-10-6-2-3-7-11(10)8-4-5-9-12/h12H,2-9H2,1H3. The number of aliphatic hydroxyl groups excluding tert-OH is 1. The summed E-state index contributed by atoms with van der Waals surface area (Å²) in [5, 5.41) is 8.65. The minimum atomic E-state index is 0.353. The topological polar surface area (TPSA) is 20.2 Å². The van der Waals surface area contributed by atoms with Gasteiger partial charge in [0.15, 0.2) is 0 Å². The summed E-state index contributed by atoms with van der Waals surface area (Å²) in [6.07, 6.45) is 8.76. The van der Waals surface area contributed by atoms with Crippen LogP contribution in [-0.2, 0) is 0 Å². The monoisotopic (exact) mass is 168 g/mol. The van der Waals surface area contributed by atoms with E-state index in [4.69, 9.17) is 5.11 Å². The number of rotatable bonds is 4. The Kier molecular flexibility index (Phi) is 4.37. The predicted octanol–water partition coefficient (Wildman–Crippen LogP) is 3.04. The zero-order valence-electron chi connectivity index (χ0n) is 8.10. The van der Waals surface area contributed by atoms with E-state index in [0.717, 1.165) is 6.42 Å². The highest BCUT2D eigenvalue weighted by Gasteiger charge is 2.07. The molecule has 1 N–H and O–H groups in total. The molecule has 0 bridgehead atoms. The molecule has 1 nitrogen and oxygen atoms in total. The third kappa shape index (κ3) is 2.98. The van der Waals surface area contributed by atoms with Crippen LogP contribution < -0.4 is 0 Å². The van der Waals surface area contributed by atoms with Crippen molar-refractivity contribution in [1.29, 1.82) is 0 Å². The summed E-state index contributed by atoms with van der Waals surface area (Å²) in [4.78, 5) is 0. The van der Waals surface area contributed by atoms with Gasteiger partial charge in [0.05, 0.1) is 0 Å². The first-order valence-electron chi connectivity index (χ1n) is 5.13. The Labute approximate surface area is 75.5 Å². The van der Waals surface area contributed by atoms with E-state index < -0.39 is 0 Å². The first kappa shape index (κ1) is 9.79.